The Bertz CT molecular complexity index is 958. The van der Waals surface area contributed by atoms with E-state index >= 15 is 0 Å². The predicted molar refractivity (Wildman–Crippen MR) is 88.5 cm³/mol. The first-order valence-corrected chi connectivity index (χ1v) is 8.02. The Kier molecular flexibility index (Phi) is 3.76. The van der Waals surface area contributed by atoms with Crippen molar-refractivity contribution in [3.63, 3.8) is 0 Å². The average Bonchev–Trinajstić information content (AvgIpc) is 2.59. The summed E-state index contributed by atoms with van der Waals surface area (Å²) in [6, 6.07) is 8.58. The largest absolute Gasteiger partial charge is 0.417 e. The minimum atomic E-state index is -4.41. The van der Waals surface area contributed by atoms with E-state index < -0.39 is 11.7 Å². The highest BCUT2D eigenvalue weighted by molar-refractivity contribution is 6.28. The maximum atomic E-state index is 12.9. The number of nitrogens with zero attached hydrogens (tertiary/aromatic N) is 4. The van der Waals surface area contributed by atoms with Crippen molar-refractivity contribution < 1.29 is 13.2 Å². The molecule has 0 saturated carbocycles. The third-order valence-electron chi connectivity index (χ3n) is 4.22. The lowest BCUT2D eigenvalue weighted by Crippen LogP contribution is -2.32. The fraction of sp³-hybridized carbons (Fsp3) is 0.235. The molecule has 0 atom stereocenters. The molecule has 0 unspecified atom stereocenters. The number of fused-ring (bicyclic) bond motifs is 2. The normalized spacial score (nSPS) is 14.6. The summed E-state index contributed by atoms with van der Waals surface area (Å²) in [4.78, 5) is 14.4. The van der Waals surface area contributed by atoms with Gasteiger partial charge in [-0.15, -0.1) is 0 Å². The Hall–Kier alpha value is -2.41. The second-order valence-corrected chi connectivity index (χ2v) is 6.17. The molecule has 0 aliphatic carbocycles. The molecule has 4 nitrogen and oxygen atoms in total. The van der Waals surface area contributed by atoms with Gasteiger partial charge in [0.1, 0.15) is 5.82 Å². The minimum absolute atomic E-state index is 0.113. The van der Waals surface area contributed by atoms with Crippen molar-refractivity contribution in [3.05, 3.63) is 58.6 Å². The van der Waals surface area contributed by atoms with Gasteiger partial charge in [0.05, 0.1) is 11.1 Å². The zero-order chi connectivity index (χ0) is 17.6. The second kappa shape index (κ2) is 5.84. The zero-order valence-electron chi connectivity index (χ0n) is 12.9. The smallest absolute Gasteiger partial charge is 0.351 e. The highest BCUT2D eigenvalue weighted by atomic mass is 35.5. The van der Waals surface area contributed by atoms with Crippen LogP contribution in [0.25, 0.3) is 10.9 Å². The number of hydrogen-bond acceptors (Lipinski definition) is 4. The number of rotatable bonds is 1. The number of para-hydroxylation sites is 1. The van der Waals surface area contributed by atoms with Crippen LogP contribution in [0.4, 0.5) is 19.0 Å². The van der Waals surface area contributed by atoms with Crippen LogP contribution in [-0.2, 0) is 19.1 Å². The molecule has 1 aliphatic heterocycles. The van der Waals surface area contributed by atoms with E-state index in [9.17, 15) is 13.2 Å². The van der Waals surface area contributed by atoms with Gasteiger partial charge in [0, 0.05) is 36.8 Å². The van der Waals surface area contributed by atoms with Crippen molar-refractivity contribution in [3.8, 4) is 0 Å². The van der Waals surface area contributed by atoms with Crippen molar-refractivity contribution in [1.29, 1.82) is 0 Å². The van der Waals surface area contributed by atoms with E-state index in [0.29, 0.717) is 42.1 Å². The van der Waals surface area contributed by atoms with Gasteiger partial charge in [0.25, 0.3) is 0 Å². The summed E-state index contributed by atoms with van der Waals surface area (Å²) in [5.74, 6) is 0.624. The molecule has 0 radical (unpaired) electrons. The van der Waals surface area contributed by atoms with Crippen LogP contribution >= 0.6 is 11.6 Å². The monoisotopic (exact) mass is 364 g/mol. The summed E-state index contributed by atoms with van der Waals surface area (Å²) in [6.45, 7) is 0.895. The first-order chi connectivity index (χ1) is 11.9. The molecule has 3 aromatic rings. The van der Waals surface area contributed by atoms with Gasteiger partial charge < -0.3 is 4.90 Å². The van der Waals surface area contributed by atoms with E-state index in [2.05, 4.69) is 15.0 Å². The van der Waals surface area contributed by atoms with E-state index in [-0.39, 0.29) is 5.28 Å². The maximum absolute atomic E-state index is 12.9. The standard InChI is InChI=1S/C17H12ClF3N4/c18-16-23-14-4-2-1-3-12(14)15(24-16)25-6-5-13-10(9-25)7-11(8-22-13)17(19,20)21/h1-4,7-8H,5-6,9H2. The molecule has 128 valence electrons. The summed E-state index contributed by atoms with van der Waals surface area (Å²) in [7, 11) is 0. The van der Waals surface area contributed by atoms with Crippen molar-refractivity contribution in [2.75, 3.05) is 11.4 Å². The quantitative estimate of drug-likeness (QED) is 0.605. The van der Waals surface area contributed by atoms with Gasteiger partial charge in [-0.25, -0.2) is 4.98 Å². The molecule has 1 aliphatic rings. The molecule has 8 heteroatoms. The predicted octanol–water partition coefficient (Wildman–Crippen LogP) is 4.26. The molecule has 25 heavy (non-hydrogen) atoms. The van der Waals surface area contributed by atoms with Gasteiger partial charge in [0.15, 0.2) is 0 Å². The van der Waals surface area contributed by atoms with Gasteiger partial charge in [0.2, 0.25) is 5.28 Å². The molecule has 4 rings (SSSR count). The summed E-state index contributed by atoms with van der Waals surface area (Å²) in [5, 5.41) is 0.928. The summed E-state index contributed by atoms with van der Waals surface area (Å²) >= 11 is 6.02. The highest BCUT2D eigenvalue weighted by Crippen LogP contribution is 2.33. The lowest BCUT2D eigenvalue weighted by molar-refractivity contribution is -0.137. The fourth-order valence-corrected chi connectivity index (χ4v) is 3.21. The number of pyridine rings is 1. The molecule has 3 heterocycles. The molecule has 0 N–H and O–H groups in total. The first kappa shape index (κ1) is 16.1. The van der Waals surface area contributed by atoms with Crippen molar-refractivity contribution in [1.82, 2.24) is 15.0 Å². The number of benzene rings is 1. The number of alkyl halides is 3. The molecule has 2 aromatic heterocycles. The summed E-state index contributed by atoms with van der Waals surface area (Å²) in [5.41, 5.74) is 1.21. The Balaban J connectivity index is 1.76. The SMILES string of the molecule is FC(F)(F)c1cnc2c(c1)CN(c1nc(Cl)nc3ccccc13)CC2. The number of hydrogen-bond donors (Lipinski definition) is 0. The Labute approximate surface area is 146 Å². The van der Waals surface area contributed by atoms with E-state index in [1.165, 1.54) is 6.07 Å². The van der Waals surface area contributed by atoms with Crippen LogP contribution in [0.1, 0.15) is 16.8 Å². The van der Waals surface area contributed by atoms with Crippen molar-refractivity contribution in [2.24, 2.45) is 0 Å². The fourth-order valence-electron chi connectivity index (χ4n) is 3.04. The van der Waals surface area contributed by atoms with Crippen molar-refractivity contribution in [2.45, 2.75) is 19.1 Å². The van der Waals surface area contributed by atoms with Gasteiger partial charge in [-0.2, -0.15) is 18.2 Å². The van der Waals surface area contributed by atoms with Crippen molar-refractivity contribution >= 4 is 28.3 Å². The second-order valence-electron chi connectivity index (χ2n) is 5.83. The van der Waals surface area contributed by atoms with Crippen LogP contribution < -0.4 is 4.90 Å². The van der Waals surface area contributed by atoms with Crippen LogP contribution in [-0.4, -0.2) is 21.5 Å². The molecule has 0 spiro atoms. The Morgan fingerprint density at radius 1 is 1.12 bits per heavy atom. The van der Waals surface area contributed by atoms with Gasteiger partial charge in [-0.3, -0.25) is 4.98 Å². The lowest BCUT2D eigenvalue weighted by Gasteiger charge is -2.30. The van der Waals surface area contributed by atoms with Crippen LogP contribution in [0.2, 0.25) is 5.28 Å². The van der Waals surface area contributed by atoms with E-state index in [4.69, 9.17) is 11.6 Å². The van der Waals surface area contributed by atoms with E-state index in [1.807, 2.05) is 29.2 Å². The van der Waals surface area contributed by atoms with Crippen LogP contribution in [0.3, 0.4) is 0 Å². The molecule has 0 amide bonds. The highest BCUT2D eigenvalue weighted by Gasteiger charge is 2.32. The average molecular weight is 365 g/mol. The maximum Gasteiger partial charge on any atom is 0.417 e. The van der Waals surface area contributed by atoms with E-state index in [0.717, 1.165) is 11.6 Å². The van der Waals surface area contributed by atoms with Crippen LogP contribution in [0.5, 0.6) is 0 Å². The lowest BCUT2D eigenvalue weighted by atomic mass is 10.0. The summed E-state index contributed by atoms with van der Waals surface area (Å²) in [6.07, 6.45) is -2.97. The molecule has 0 saturated heterocycles. The first-order valence-electron chi connectivity index (χ1n) is 7.64. The third kappa shape index (κ3) is 3.00. The van der Waals surface area contributed by atoms with Gasteiger partial charge >= 0.3 is 6.18 Å². The molecule has 0 fully saturated rings. The molecule has 1 aromatic carbocycles. The molecular formula is C17H12ClF3N4. The Morgan fingerprint density at radius 2 is 1.92 bits per heavy atom. The van der Waals surface area contributed by atoms with Crippen LogP contribution in [0.15, 0.2) is 36.5 Å². The van der Waals surface area contributed by atoms with E-state index in [1.54, 1.807) is 0 Å². The number of halogens is 4. The summed E-state index contributed by atoms with van der Waals surface area (Å²) < 4.78 is 38.8. The third-order valence-corrected chi connectivity index (χ3v) is 4.39. The Morgan fingerprint density at radius 3 is 2.72 bits per heavy atom. The minimum Gasteiger partial charge on any atom is -0.351 e. The molecular weight excluding hydrogens is 353 g/mol. The van der Waals surface area contributed by atoms with Gasteiger partial charge in [-0.05, 0) is 35.4 Å². The van der Waals surface area contributed by atoms with Gasteiger partial charge in [-0.1, -0.05) is 12.1 Å². The number of aromatic nitrogens is 3. The molecule has 0 bridgehead atoms. The topological polar surface area (TPSA) is 41.9 Å². The zero-order valence-corrected chi connectivity index (χ0v) is 13.6. The number of anilines is 1. The van der Waals surface area contributed by atoms with Crippen LogP contribution in [0, 0.1) is 0 Å².